The third-order valence-electron chi connectivity index (χ3n) is 3.62. The van der Waals surface area contributed by atoms with Crippen LogP contribution in [0.4, 0.5) is 0 Å². The SMILES string of the molecule is CC(C)NCc1noc(CC2CCCCCC2)n1. The molecule has 1 heterocycles. The van der Waals surface area contributed by atoms with Crippen molar-refractivity contribution in [3.05, 3.63) is 11.7 Å². The van der Waals surface area contributed by atoms with Crippen LogP contribution < -0.4 is 5.32 Å². The summed E-state index contributed by atoms with van der Waals surface area (Å²) in [6, 6.07) is 0.453. The predicted molar refractivity (Wildman–Crippen MR) is 71.2 cm³/mol. The van der Waals surface area contributed by atoms with Gasteiger partial charge in [0.15, 0.2) is 5.82 Å². The first-order valence-electron chi connectivity index (χ1n) is 7.29. The summed E-state index contributed by atoms with van der Waals surface area (Å²) < 4.78 is 5.34. The molecule has 0 bridgehead atoms. The smallest absolute Gasteiger partial charge is 0.226 e. The van der Waals surface area contributed by atoms with Crippen LogP contribution in [0, 0.1) is 5.92 Å². The lowest BCUT2D eigenvalue weighted by atomic mass is 9.97. The molecule has 1 aromatic heterocycles. The first-order valence-corrected chi connectivity index (χ1v) is 7.29. The minimum atomic E-state index is 0.453. The van der Waals surface area contributed by atoms with E-state index in [-0.39, 0.29) is 0 Å². The molecule has 2 rings (SSSR count). The summed E-state index contributed by atoms with van der Waals surface area (Å²) in [7, 11) is 0. The van der Waals surface area contributed by atoms with Gasteiger partial charge in [0.2, 0.25) is 5.89 Å². The van der Waals surface area contributed by atoms with Crippen LogP contribution in [0.5, 0.6) is 0 Å². The maximum Gasteiger partial charge on any atom is 0.226 e. The van der Waals surface area contributed by atoms with Crippen molar-refractivity contribution in [2.75, 3.05) is 0 Å². The van der Waals surface area contributed by atoms with Crippen LogP contribution >= 0.6 is 0 Å². The third-order valence-corrected chi connectivity index (χ3v) is 3.62. The lowest BCUT2D eigenvalue weighted by Crippen LogP contribution is -2.22. The van der Waals surface area contributed by atoms with E-state index in [0.29, 0.717) is 12.6 Å². The Labute approximate surface area is 110 Å². The predicted octanol–water partition coefficient (Wildman–Crippen LogP) is 3.08. The zero-order chi connectivity index (χ0) is 12.8. The molecule has 1 saturated carbocycles. The van der Waals surface area contributed by atoms with Gasteiger partial charge in [0.1, 0.15) is 0 Å². The normalized spacial score (nSPS) is 18.2. The van der Waals surface area contributed by atoms with Crippen LogP contribution in [-0.4, -0.2) is 16.2 Å². The first-order chi connectivity index (χ1) is 8.74. The average molecular weight is 251 g/mol. The van der Waals surface area contributed by atoms with Crippen molar-refractivity contribution in [3.8, 4) is 0 Å². The van der Waals surface area contributed by atoms with Crippen molar-refractivity contribution >= 4 is 0 Å². The summed E-state index contributed by atoms with van der Waals surface area (Å²) in [6.07, 6.45) is 9.12. The molecular weight excluding hydrogens is 226 g/mol. The van der Waals surface area contributed by atoms with Crippen molar-refractivity contribution in [2.45, 2.75) is 71.4 Å². The molecular formula is C14H25N3O. The van der Waals surface area contributed by atoms with E-state index in [2.05, 4.69) is 29.3 Å². The Hall–Kier alpha value is -0.900. The Kier molecular flexibility index (Phi) is 5.17. The second-order valence-corrected chi connectivity index (χ2v) is 5.70. The molecule has 4 nitrogen and oxygen atoms in total. The Morgan fingerprint density at radius 3 is 2.61 bits per heavy atom. The van der Waals surface area contributed by atoms with E-state index in [1.807, 2.05) is 0 Å². The quantitative estimate of drug-likeness (QED) is 0.817. The summed E-state index contributed by atoms with van der Waals surface area (Å²) in [5, 5.41) is 7.33. The van der Waals surface area contributed by atoms with Crippen LogP contribution in [0.25, 0.3) is 0 Å². The highest BCUT2D eigenvalue weighted by Gasteiger charge is 2.16. The third kappa shape index (κ3) is 4.41. The van der Waals surface area contributed by atoms with E-state index in [1.165, 1.54) is 38.5 Å². The van der Waals surface area contributed by atoms with Gasteiger partial charge < -0.3 is 9.84 Å². The second kappa shape index (κ2) is 6.88. The summed E-state index contributed by atoms with van der Waals surface area (Å²) in [5.74, 6) is 2.36. The Balaban J connectivity index is 1.81. The highest BCUT2D eigenvalue weighted by atomic mass is 16.5. The molecule has 0 saturated heterocycles. The van der Waals surface area contributed by atoms with Crippen LogP contribution in [0.1, 0.15) is 64.1 Å². The Morgan fingerprint density at radius 1 is 1.22 bits per heavy atom. The fourth-order valence-electron chi connectivity index (χ4n) is 2.56. The number of hydrogen-bond acceptors (Lipinski definition) is 4. The molecule has 1 aromatic rings. The molecule has 0 amide bonds. The number of rotatable bonds is 5. The lowest BCUT2D eigenvalue weighted by Gasteiger charge is -2.09. The van der Waals surface area contributed by atoms with Gasteiger partial charge in [-0.3, -0.25) is 0 Å². The largest absolute Gasteiger partial charge is 0.339 e. The number of hydrogen-bond donors (Lipinski definition) is 1. The monoisotopic (exact) mass is 251 g/mol. The van der Waals surface area contributed by atoms with Crippen LogP contribution in [0.2, 0.25) is 0 Å². The van der Waals surface area contributed by atoms with E-state index >= 15 is 0 Å². The molecule has 0 spiro atoms. The molecule has 4 heteroatoms. The minimum Gasteiger partial charge on any atom is -0.339 e. The summed E-state index contributed by atoms with van der Waals surface area (Å²) in [6.45, 7) is 4.94. The molecule has 1 aliphatic rings. The Bertz CT molecular complexity index is 341. The van der Waals surface area contributed by atoms with E-state index in [0.717, 1.165) is 24.1 Å². The molecule has 0 unspecified atom stereocenters. The van der Waals surface area contributed by atoms with Gasteiger partial charge in [-0.1, -0.05) is 44.7 Å². The van der Waals surface area contributed by atoms with Crippen molar-refractivity contribution in [2.24, 2.45) is 5.92 Å². The van der Waals surface area contributed by atoms with Gasteiger partial charge in [-0.15, -0.1) is 0 Å². The van der Waals surface area contributed by atoms with Gasteiger partial charge in [0.05, 0.1) is 6.54 Å². The van der Waals surface area contributed by atoms with Gasteiger partial charge in [-0.05, 0) is 18.8 Å². The fourth-order valence-corrected chi connectivity index (χ4v) is 2.56. The van der Waals surface area contributed by atoms with Crippen molar-refractivity contribution in [1.82, 2.24) is 15.5 Å². The molecule has 1 N–H and O–H groups in total. The van der Waals surface area contributed by atoms with Crippen LogP contribution in [-0.2, 0) is 13.0 Å². The zero-order valence-electron chi connectivity index (χ0n) is 11.6. The standard InChI is InChI=1S/C14H25N3O/c1-11(2)15-10-13-16-14(18-17-13)9-12-7-5-3-4-6-8-12/h11-12,15H,3-10H2,1-2H3. The lowest BCUT2D eigenvalue weighted by molar-refractivity contribution is 0.335. The molecule has 1 fully saturated rings. The maximum absolute atomic E-state index is 5.34. The van der Waals surface area contributed by atoms with E-state index in [1.54, 1.807) is 0 Å². The van der Waals surface area contributed by atoms with E-state index in [9.17, 15) is 0 Å². The molecule has 0 aromatic carbocycles. The minimum absolute atomic E-state index is 0.453. The maximum atomic E-state index is 5.34. The van der Waals surface area contributed by atoms with Crippen molar-refractivity contribution in [3.63, 3.8) is 0 Å². The molecule has 18 heavy (non-hydrogen) atoms. The molecule has 0 radical (unpaired) electrons. The van der Waals surface area contributed by atoms with Crippen molar-refractivity contribution < 1.29 is 4.52 Å². The highest BCUT2D eigenvalue weighted by molar-refractivity contribution is 4.88. The second-order valence-electron chi connectivity index (χ2n) is 5.70. The van der Waals surface area contributed by atoms with Crippen molar-refractivity contribution in [1.29, 1.82) is 0 Å². The molecule has 0 atom stereocenters. The number of aromatic nitrogens is 2. The van der Waals surface area contributed by atoms with Gasteiger partial charge in [0, 0.05) is 12.5 Å². The van der Waals surface area contributed by atoms with Gasteiger partial charge in [-0.2, -0.15) is 4.98 Å². The Morgan fingerprint density at radius 2 is 1.94 bits per heavy atom. The fraction of sp³-hybridized carbons (Fsp3) is 0.857. The van der Waals surface area contributed by atoms with Gasteiger partial charge in [-0.25, -0.2) is 0 Å². The number of nitrogens with zero attached hydrogens (tertiary/aromatic N) is 2. The molecule has 102 valence electrons. The van der Waals surface area contributed by atoms with Gasteiger partial charge in [0.25, 0.3) is 0 Å². The summed E-state index contributed by atoms with van der Waals surface area (Å²) in [5.41, 5.74) is 0. The first kappa shape index (κ1) is 13.5. The highest BCUT2D eigenvalue weighted by Crippen LogP contribution is 2.25. The zero-order valence-corrected chi connectivity index (χ0v) is 11.6. The van der Waals surface area contributed by atoms with Gasteiger partial charge >= 0.3 is 0 Å². The topological polar surface area (TPSA) is 51.0 Å². The van der Waals surface area contributed by atoms with Crippen LogP contribution in [0.15, 0.2) is 4.52 Å². The van der Waals surface area contributed by atoms with E-state index < -0.39 is 0 Å². The summed E-state index contributed by atoms with van der Waals surface area (Å²) in [4.78, 5) is 4.47. The van der Waals surface area contributed by atoms with Crippen LogP contribution in [0.3, 0.4) is 0 Å². The molecule has 0 aliphatic heterocycles. The molecule has 1 aliphatic carbocycles. The number of nitrogens with one attached hydrogen (secondary N) is 1. The van der Waals surface area contributed by atoms with E-state index in [4.69, 9.17) is 4.52 Å². The summed E-state index contributed by atoms with van der Waals surface area (Å²) >= 11 is 0. The average Bonchev–Trinajstić information content (AvgIpc) is 2.62.